The standard InChI is InChI=1S/C20H28N4O3/c1-15(25)21-18-9-5-6-16(14-18)19(26)23-10-12-24(13-11-23)20(27)22-17-7-3-2-4-8-17/h5-6,9,14,17H,2-4,7-8,10-13H2,1H3,(H,21,25)(H,22,27). The molecule has 0 aromatic heterocycles. The monoisotopic (exact) mass is 372 g/mol. The van der Waals surface area contributed by atoms with E-state index in [9.17, 15) is 14.4 Å². The van der Waals surface area contributed by atoms with Crippen LogP contribution in [0.25, 0.3) is 0 Å². The molecule has 7 heteroatoms. The predicted molar refractivity (Wildman–Crippen MR) is 104 cm³/mol. The summed E-state index contributed by atoms with van der Waals surface area (Å²) in [7, 11) is 0. The first-order chi connectivity index (χ1) is 13.0. The van der Waals surface area contributed by atoms with Crippen LogP contribution in [0, 0.1) is 0 Å². The Labute approximate surface area is 160 Å². The normalized spacial score (nSPS) is 18.1. The van der Waals surface area contributed by atoms with E-state index in [0.717, 1.165) is 12.8 Å². The molecule has 0 atom stereocenters. The Morgan fingerprint density at radius 1 is 0.963 bits per heavy atom. The molecule has 1 heterocycles. The summed E-state index contributed by atoms with van der Waals surface area (Å²) < 4.78 is 0. The number of piperazine rings is 1. The van der Waals surface area contributed by atoms with Gasteiger partial charge < -0.3 is 20.4 Å². The number of amides is 4. The molecule has 1 aromatic carbocycles. The van der Waals surface area contributed by atoms with Crippen LogP contribution in [-0.4, -0.2) is 59.9 Å². The molecule has 4 amide bonds. The first-order valence-corrected chi connectivity index (χ1v) is 9.75. The zero-order valence-corrected chi connectivity index (χ0v) is 15.9. The van der Waals surface area contributed by atoms with Crippen LogP contribution >= 0.6 is 0 Å². The SMILES string of the molecule is CC(=O)Nc1cccc(C(=O)N2CCN(C(=O)NC3CCCCC3)CC2)c1. The van der Waals surface area contributed by atoms with E-state index in [1.165, 1.54) is 26.2 Å². The summed E-state index contributed by atoms with van der Waals surface area (Å²) in [4.78, 5) is 39.9. The molecular weight excluding hydrogens is 344 g/mol. The van der Waals surface area contributed by atoms with Gasteiger partial charge in [-0.15, -0.1) is 0 Å². The maximum atomic E-state index is 12.7. The van der Waals surface area contributed by atoms with E-state index in [1.807, 2.05) is 0 Å². The van der Waals surface area contributed by atoms with Crippen LogP contribution < -0.4 is 10.6 Å². The predicted octanol–water partition coefficient (Wildman–Crippen LogP) is 2.45. The van der Waals surface area contributed by atoms with Crippen molar-refractivity contribution in [1.82, 2.24) is 15.1 Å². The molecule has 2 fully saturated rings. The van der Waals surface area contributed by atoms with Crippen LogP contribution in [-0.2, 0) is 4.79 Å². The number of nitrogens with one attached hydrogen (secondary N) is 2. The smallest absolute Gasteiger partial charge is 0.317 e. The topological polar surface area (TPSA) is 81.8 Å². The van der Waals surface area contributed by atoms with Gasteiger partial charge in [0.1, 0.15) is 0 Å². The molecule has 0 bridgehead atoms. The lowest BCUT2D eigenvalue weighted by atomic mass is 9.96. The molecule has 146 valence electrons. The van der Waals surface area contributed by atoms with E-state index in [4.69, 9.17) is 0 Å². The second-order valence-electron chi connectivity index (χ2n) is 7.33. The zero-order valence-electron chi connectivity index (χ0n) is 15.9. The van der Waals surface area contributed by atoms with Crippen LogP contribution in [0.1, 0.15) is 49.4 Å². The van der Waals surface area contributed by atoms with Crippen molar-refractivity contribution in [3.63, 3.8) is 0 Å². The first kappa shape index (κ1) is 19.2. The van der Waals surface area contributed by atoms with Gasteiger partial charge in [0, 0.05) is 50.4 Å². The third-order valence-electron chi connectivity index (χ3n) is 5.22. The highest BCUT2D eigenvalue weighted by molar-refractivity contribution is 5.97. The quantitative estimate of drug-likeness (QED) is 0.855. The van der Waals surface area contributed by atoms with Crippen molar-refractivity contribution >= 4 is 23.5 Å². The Hall–Kier alpha value is -2.57. The van der Waals surface area contributed by atoms with E-state index in [2.05, 4.69) is 10.6 Å². The van der Waals surface area contributed by atoms with E-state index in [0.29, 0.717) is 43.5 Å². The molecule has 1 saturated carbocycles. The van der Waals surface area contributed by atoms with Gasteiger partial charge in [-0.1, -0.05) is 25.3 Å². The van der Waals surface area contributed by atoms with Crippen molar-refractivity contribution in [3.8, 4) is 0 Å². The van der Waals surface area contributed by atoms with Crippen LogP contribution in [0.4, 0.5) is 10.5 Å². The number of rotatable bonds is 3. The molecule has 7 nitrogen and oxygen atoms in total. The van der Waals surface area contributed by atoms with Crippen LogP contribution in [0.15, 0.2) is 24.3 Å². The summed E-state index contributed by atoms with van der Waals surface area (Å²) in [5, 5.41) is 5.83. The van der Waals surface area contributed by atoms with Crippen molar-refractivity contribution < 1.29 is 14.4 Å². The van der Waals surface area contributed by atoms with Crippen molar-refractivity contribution in [3.05, 3.63) is 29.8 Å². The number of urea groups is 1. The first-order valence-electron chi connectivity index (χ1n) is 9.75. The van der Waals surface area contributed by atoms with Gasteiger partial charge in [0.25, 0.3) is 5.91 Å². The van der Waals surface area contributed by atoms with Crippen LogP contribution in [0.3, 0.4) is 0 Å². The summed E-state index contributed by atoms with van der Waals surface area (Å²) in [6, 6.07) is 7.23. The van der Waals surface area contributed by atoms with Crippen molar-refractivity contribution in [2.75, 3.05) is 31.5 Å². The highest BCUT2D eigenvalue weighted by Crippen LogP contribution is 2.18. The Morgan fingerprint density at radius 3 is 2.30 bits per heavy atom. The lowest BCUT2D eigenvalue weighted by Crippen LogP contribution is -2.54. The van der Waals surface area contributed by atoms with Crippen LogP contribution in [0.5, 0.6) is 0 Å². The highest BCUT2D eigenvalue weighted by atomic mass is 16.2. The number of anilines is 1. The van der Waals surface area contributed by atoms with Gasteiger partial charge in [0.15, 0.2) is 0 Å². The number of carbonyl (C=O) groups is 3. The minimum absolute atomic E-state index is 0.0124. The third-order valence-corrected chi connectivity index (χ3v) is 5.22. The molecule has 1 aliphatic heterocycles. The number of hydrogen-bond donors (Lipinski definition) is 2. The Kier molecular flexibility index (Phi) is 6.32. The molecule has 3 rings (SSSR count). The number of benzene rings is 1. The van der Waals surface area contributed by atoms with E-state index < -0.39 is 0 Å². The average molecular weight is 372 g/mol. The molecule has 1 aliphatic carbocycles. The molecule has 2 N–H and O–H groups in total. The van der Waals surface area contributed by atoms with Gasteiger partial charge in [-0.3, -0.25) is 9.59 Å². The van der Waals surface area contributed by atoms with Crippen molar-refractivity contribution in [1.29, 1.82) is 0 Å². The summed E-state index contributed by atoms with van der Waals surface area (Å²) in [5.41, 5.74) is 1.15. The largest absolute Gasteiger partial charge is 0.335 e. The molecule has 2 aliphatic rings. The van der Waals surface area contributed by atoms with Crippen LogP contribution in [0.2, 0.25) is 0 Å². The minimum atomic E-state index is -0.169. The number of nitrogens with zero attached hydrogens (tertiary/aromatic N) is 2. The highest BCUT2D eigenvalue weighted by Gasteiger charge is 2.26. The van der Waals surface area contributed by atoms with Gasteiger partial charge >= 0.3 is 6.03 Å². The van der Waals surface area contributed by atoms with Crippen molar-refractivity contribution in [2.45, 2.75) is 45.1 Å². The molecule has 0 spiro atoms. The van der Waals surface area contributed by atoms with Gasteiger partial charge in [-0.05, 0) is 31.0 Å². The second kappa shape index (κ2) is 8.88. The van der Waals surface area contributed by atoms with Gasteiger partial charge in [0.05, 0.1) is 0 Å². The van der Waals surface area contributed by atoms with Gasteiger partial charge in [-0.25, -0.2) is 4.79 Å². The second-order valence-corrected chi connectivity index (χ2v) is 7.33. The fraction of sp³-hybridized carbons (Fsp3) is 0.550. The Bertz CT molecular complexity index is 692. The molecule has 1 aromatic rings. The van der Waals surface area contributed by atoms with E-state index in [1.54, 1.807) is 34.1 Å². The molecule has 0 unspecified atom stereocenters. The lowest BCUT2D eigenvalue weighted by Gasteiger charge is -2.36. The fourth-order valence-electron chi connectivity index (χ4n) is 3.74. The maximum absolute atomic E-state index is 12.7. The molecule has 0 radical (unpaired) electrons. The fourth-order valence-corrected chi connectivity index (χ4v) is 3.74. The number of hydrogen-bond acceptors (Lipinski definition) is 3. The summed E-state index contributed by atoms with van der Waals surface area (Å²) in [6.07, 6.45) is 5.76. The van der Waals surface area contributed by atoms with Gasteiger partial charge in [-0.2, -0.15) is 0 Å². The van der Waals surface area contributed by atoms with Crippen molar-refractivity contribution in [2.24, 2.45) is 0 Å². The lowest BCUT2D eigenvalue weighted by molar-refractivity contribution is -0.114. The Balaban J connectivity index is 1.51. The van der Waals surface area contributed by atoms with E-state index in [-0.39, 0.29) is 17.8 Å². The minimum Gasteiger partial charge on any atom is -0.335 e. The maximum Gasteiger partial charge on any atom is 0.317 e. The summed E-state index contributed by atoms with van der Waals surface area (Å²) >= 11 is 0. The number of carbonyl (C=O) groups excluding carboxylic acids is 3. The average Bonchev–Trinajstić information content (AvgIpc) is 2.68. The molecule has 1 saturated heterocycles. The Morgan fingerprint density at radius 2 is 1.63 bits per heavy atom. The summed E-state index contributed by atoms with van der Waals surface area (Å²) in [6.45, 7) is 3.54. The molecule has 27 heavy (non-hydrogen) atoms. The third kappa shape index (κ3) is 5.21. The molecular formula is C20H28N4O3. The van der Waals surface area contributed by atoms with E-state index >= 15 is 0 Å². The zero-order chi connectivity index (χ0) is 19.2. The summed E-state index contributed by atoms with van der Waals surface area (Å²) in [5.74, 6) is -0.244. The van der Waals surface area contributed by atoms with Gasteiger partial charge in [0.2, 0.25) is 5.91 Å².